The van der Waals surface area contributed by atoms with Gasteiger partial charge in [-0.25, -0.2) is 0 Å². The van der Waals surface area contributed by atoms with Gasteiger partial charge in [-0.2, -0.15) is 0 Å². The van der Waals surface area contributed by atoms with Crippen LogP contribution >= 0.6 is 0 Å². The van der Waals surface area contributed by atoms with Crippen molar-refractivity contribution in [2.24, 2.45) is 5.92 Å². The molecule has 0 spiro atoms. The summed E-state index contributed by atoms with van der Waals surface area (Å²) in [4.78, 5) is 0. The summed E-state index contributed by atoms with van der Waals surface area (Å²) in [5, 5.41) is 3.58. The normalized spacial score (nSPS) is 51.4. The molecule has 2 aliphatic rings. The molecule has 0 aromatic heterocycles. The number of fused-ring (bicyclic) bond motifs is 1. The summed E-state index contributed by atoms with van der Waals surface area (Å²) in [7, 11) is 0. The lowest BCUT2D eigenvalue weighted by molar-refractivity contribution is 0.526. The first kappa shape index (κ1) is 4.80. The van der Waals surface area contributed by atoms with Gasteiger partial charge in [0.1, 0.15) is 0 Å². The van der Waals surface area contributed by atoms with Gasteiger partial charge in [0.25, 0.3) is 0 Å². The van der Waals surface area contributed by atoms with Gasteiger partial charge in [-0.3, -0.25) is 0 Å². The predicted molar refractivity (Wildman–Crippen MR) is 33.7 cm³/mol. The standard InChI is InChI=1S/C7H13N/c1-2-6-3-5-4-7(5)8-6/h5-8H,2-4H2,1H3/t5-,6+,7+/m0/s1. The Bertz CT molecular complexity index is 90.6. The third-order valence-corrected chi connectivity index (χ3v) is 2.45. The fourth-order valence-corrected chi connectivity index (χ4v) is 1.73. The maximum atomic E-state index is 3.58. The van der Waals surface area contributed by atoms with E-state index in [1.54, 1.807) is 0 Å². The molecule has 1 aliphatic carbocycles. The van der Waals surface area contributed by atoms with Crippen LogP contribution in [-0.4, -0.2) is 12.1 Å². The Labute approximate surface area is 50.5 Å². The molecule has 3 atom stereocenters. The van der Waals surface area contributed by atoms with Crippen LogP contribution in [0.25, 0.3) is 0 Å². The lowest BCUT2D eigenvalue weighted by Crippen LogP contribution is -2.24. The first-order chi connectivity index (χ1) is 3.90. The predicted octanol–water partition coefficient (Wildman–Crippen LogP) is 1.15. The third-order valence-electron chi connectivity index (χ3n) is 2.45. The second-order valence-corrected chi connectivity index (χ2v) is 3.11. The maximum absolute atomic E-state index is 3.58. The van der Waals surface area contributed by atoms with Gasteiger partial charge in [-0.05, 0) is 25.2 Å². The van der Waals surface area contributed by atoms with Gasteiger partial charge in [0.05, 0.1) is 0 Å². The molecule has 0 bridgehead atoms. The minimum Gasteiger partial charge on any atom is -0.311 e. The minimum atomic E-state index is 0.874. The fourth-order valence-electron chi connectivity index (χ4n) is 1.73. The number of piperidine rings is 1. The molecular weight excluding hydrogens is 98.1 g/mol. The lowest BCUT2D eigenvalue weighted by Gasteiger charge is -2.07. The third kappa shape index (κ3) is 0.576. The number of hydrogen-bond acceptors (Lipinski definition) is 1. The molecule has 2 fully saturated rings. The summed E-state index contributed by atoms with van der Waals surface area (Å²) in [6.45, 7) is 2.27. The highest BCUT2D eigenvalue weighted by atomic mass is 15.0. The summed E-state index contributed by atoms with van der Waals surface area (Å²) in [6, 6.07) is 1.82. The van der Waals surface area contributed by atoms with Crippen molar-refractivity contribution >= 4 is 0 Å². The summed E-state index contributed by atoms with van der Waals surface area (Å²) < 4.78 is 0. The Morgan fingerprint density at radius 3 is 2.75 bits per heavy atom. The molecule has 0 amide bonds. The lowest BCUT2D eigenvalue weighted by atomic mass is 10.1. The second kappa shape index (κ2) is 1.47. The maximum Gasteiger partial charge on any atom is 0.0102 e. The van der Waals surface area contributed by atoms with Crippen LogP contribution in [0, 0.1) is 5.92 Å². The number of hydrogen-bond donors (Lipinski definition) is 1. The van der Waals surface area contributed by atoms with Crippen LogP contribution in [0.15, 0.2) is 0 Å². The zero-order valence-electron chi connectivity index (χ0n) is 5.35. The molecule has 1 nitrogen and oxygen atoms in total. The summed E-state index contributed by atoms with van der Waals surface area (Å²) in [6.07, 6.45) is 4.25. The van der Waals surface area contributed by atoms with Crippen molar-refractivity contribution in [3.8, 4) is 0 Å². The van der Waals surface area contributed by atoms with Gasteiger partial charge in [-0.15, -0.1) is 0 Å². The number of nitrogens with one attached hydrogen (secondary N) is 1. The summed E-state index contributed by atoms with van der Waals surface area (Å²) in [5.41, 5.74) is 0. The molecule has 1 aliphatic heterocycles. The molecule has 1 N–H and O–H groups in total. The van der Waals surface area contributed by atoms with Gasteiger partial charge in [0, 0.05) is 12.1 Å². The number of rotatable bonds is 1. The highest BCUT2D eigenvalue weighted by molar-refractivity contribution is 5.02. The molecule has 1 saturated heterocycles. The first-order valence-electron chi connectivity index (χ1n) is 3.66. The van der Waals surface area contributed by atoms with Crippen molar-refractivity contribution in [3.63, 3.8) is 0 Å². The molecule has 1 heterocycles. The molecule has 0 aromatic rings. The Hall–Kier alpha value is -0.0400. The van der Waals surface area contributed by atoms with E-state index in [9.17, 15) is 0 Å². The van der Waals surface area contributed by atoms with Crippen LogP contribution < -0.4 is 5.32 Å². The second-order valence-electron chi connectivity index (χ2n) is 3.11. The van der Waals surface area contributed by atoms with Crippen LogP contribution in [-0.2, 0) is 0 Å². The quantitative estimate of drug-likeness (QED) is 0.535. The van der Waals surface area contributed by atoms with Crippen molar-refractivity contribution in [3.05, 3.63) is 0 Å². The van der Waals surface area contributed by atoms with Gasteiger partial charge in [-0.1, -0.05) is 6.92 Å². The van der Waals surface area contributed by atoms with Crippen LogP contribution in [0.3, 0.4) is 0 Å². The zero-order valence-corrected chi connectivity index (χ0v) is 5.35. The smallest absolute Gasteiger partial charge is 0.0102 e. The summed E-state index contributed by atoms with van der Waals surface area (Å²) in [5.74, 6) is 1.08. The minimum absolute atomic E-state index is 0.874. The zero-order chi connectivity index (χ0) is 5.56. The van der Waals surface area contributed by atoms with E-state index in [0.717, 1.165) is 18.0 Å². The van der Waals surface area contributed by atoms with E-state index in [1.807, 2.05) is 0 Å². The highest BCUT2D eigenvalue weighted by Crippen LogP contribution is 2.41. The van der Waals surface area contributed by atoms with E-state index in [0.29, 0.717) is 0 Å². The average molecular weight is 111 g/mol. The van der Waals surface area contributed by atoms with E-state index in [1.165, 1.54) is 19.3 Å². The van der Waals surface area contributed by atoms with Crippen LogP contribution in [0.2, 0.25) is 0 Å². The largest absolute Gasteiger partial charge is 0.311 e. The van der Waals surface area contributed by atoms with Gasteiger partial charge < -0.3 is 5.32 Å². The molecule has 0 aromatic carbocycles. The fraction of sp³-hybridized carbons (Fsp3) is 1.00. The van der Waals surface area contributed by atoms with Crippen molar-refractivity contribution in [2.45, 2.75) is 38.3 Å². The van der Waals surface area contributed by atoms with Crippen LogP contribution in [0.4, 0.5) is 0 Å². The molecule has 2 rings (SSSR count). The van der Waals surface area contributed by atoms with Gasteiger partial charge in [0.15, 0.2) is 0 Å². The first-order valence-corrected chi connectivity index (χ1v) is 3.66. The van der Waals surface area contributed by atoms with Gasteiger partial charge >= 0.3 is 0 Å². The van der Waals surface area contributed by atoms with Crippen molar-refractivity contribution in [2.75, 3.05) is 0 Å². The van der Waals surface area contributed by atoms with E-state index in [4.69, 9.17) is 0 Å². The van der Waals surface area contributed by atoms with Crippen molar-refractivity contribution in [1.82, 2.24) is 5.32 Å². The van der Waals surface area contributed by atoms with Crippen molar-refractivity contribution in [1.29, 1.82) is 0 Å². The van der Waals surface area contributed by atoms with E-state index < -0.39 is 0 Å². The monoisotopic (exact) mass is 111 g/mol. The van der Waals surface area contributed by atoms with E-state index in [-0.39, 0.29) is 0 Å². The topological polar surface area (TPSA) is 12.0 Å². The molecule has 1 heteroatoms. The average Bonchev–Trinajstić information content (AvgIpc) is 2.40. The molecule has 8 heavy (non-hydrogen) atoms. The Morgan fingerprint density at radius 1 is 1.50 bits per heavy atom. The summed E-state index contributed by atoms with van der Waals surface area (Å²) >= 11 is 0. The van der Waals surface area contributed by atoms with Crippen molar-refractivity contribution < 1.29 is 0 Å². The molecule has 0 radical (unpaired) electrons. The van der Waals surface area contributed by atoms with Gasteiger partial charge in [0.2, 0.25) is 0 Å². The van der Waals surface area contributed by atoms with E-state index in [2.05, 4.69) is 12.2 Å². The molecule has 46 valence electrons. The Kier molecular flexibility index (Phi) is 0.884. The molecule has 1 saturated carbocycles. The highest BCUT2D eigenvalue weighted by Gasteiger charge is 2.44. The Morgan fingerprint density at radius 2 is 2.38 bits per heavy atom. The van der Waals surface area contributed by atoms with Crippen LogP contribution in [0.5, 0.6) is 0 Å². The van der Waals surface area contributed by atoms with E-state index >= 15 is 0 Å². The SMILES string of the molecule is CC[C@@H]1C[C@H]2C[C@H]2N1. The molecular formula is C7H13N. The van der Waals surface area contributed by atoms with Crippen LogP contribution in [0.1, 0.15) is 26.2 Å². The molecule has 0 unspecified atom stereocenters. The Balaban J connectivity index is 1.89.